The van der Waals surface area contributed by atoms with Crippen LogP contribution in [0.1, 0.15) is 0 Å². The molecule has 0 radical (unpaired) electrons. The first-order chi connectivity index (χ1) is 25.3. The van der Waals surface area contributed by atoms with Crippen molar-refractivity contribution in [2.75, 3.05) is 4.90 Å². The van der Waals surface area contributed by atoms with Crippen LogP contribution in [0.4, 0.5) is 17.1 Å². The van der Waals surface area contributed by atoms with Crippen LogP contribution in [0, 0.1) is 0 Å². The summed E-state index contributed by atoms with van der Waals surface area (Å²) in [5, 5.41) is 11.7. The molecule has 0 unspecified atom stereocenters. The smallest absolute Gasteiger partial charge is 0.159 e. The Hall–Kier alpha value is -6.84. The van der Waals surface area contributed by atoms with Gasteiger partial charge in [0.05, 0.1) is 17.1 Å². The summed E-state index contributed by atoms with van der Waals surface area (Å²) in [5.74, 6) is 0. The van der Waals surface area contributed by atoms with Crippen LogP contribution in [0.5, 0.6) is 0 Å². The van der Waals surface area contributed by atoms with Gasteiger partial charge in [-0.05, 0) is 69.6 Å². The minimum Gasteiger partial charge on any atom is -0.456 e. The van der Waals surface area contributed by atoms with E-state index in [-0.39, 0.29) is 0 Å². The molecule has 0 saturated heterocycles. The van der Waals surface area contributed by atoms with E-state index >= 15 is 0 Å². The minimum absolute atomic E-state index is 0.857. The molecule has 11 rings (SSSR count). The van der Waals surface area contributed by atoms with Gasteiger partial charge in [-0.1, -0.05) is 133 Å². The number of furan rings is 2. The topological polar surface area (TPSA) is 29.5 Å². The molecule has 0 spiro atoms. The van der Waals surface area contributed by atoms with Gasteiger partial charge < -0.3 is 13.7 Å². The second-order valence-electron chi connectivity index (χ2n) is 13.2. The van der Waals surface area contributed by atoms with Gasteiger partial charge in [0.15, 0.2) is 5.58 Å². The van der Waals surface area contributed by atoms with Gasteiger partial charge in [-0.15, -0.1) is 0 Å². The lowest BCUT2D eigenvalue weighted by atomic mass is 9.90. The lowest BCUT2D eigenvalue weighted by molar-refractivity contribution is 0.669. The van der Waals surface area contributed by atoms with Crippen LogP contribution in [0.25, 0.3) is 87.3 Å². The molecule has 238 valence electrons. The fraction of sp³-hybridized carbons (Fsp3) is 0. The fourth-order valence-corrected chi connectivity index (χ4v) is 8.30. The Kier molecular flexibility index (Phi) is 5.96. The van der Waals surface area contributed by atoms with E-state index in [1.54, 1.807) is 0 Å². The largest absolute Gasteiger partial charge is 0.456 e. The van der Waals surface area contributed by atoms with E-state index in [9.17, 15) is 0 Å². The summed E-state index contributed by atoms with van der Waals surface area (Å²) in [6.45, 7) is 0. The summed E-state index contributed by atoms with van der Waals surface area (Å²) in [4.78, 5) is 2.42. The van der Waals surface area contributed by atoms with Gasteiger partial charge in [-0.25, -0.2) is 0 Å². The molecule has 0 bridgehead atoms. The molecule has 3 nitrogen and oxygen atoms in total. The van der Waals surface area contributed by atoms with Crippen LogP contribution in [-0.4, -0.2) is 0 Å². The van der Waals surface area contributed by atoms with E-state index in [0.29, 0.717) is 0 Å². The Morgan fingerprint density at radius 2 is 0.843 bits per heavy atom. The predicted molar refractivity (Wildman–Crippen MR) is 214 cm³/mol. The minimum atomic E-state index is 0.857. The fourth-order valence-electron chi connectivity index (χ4n) is 8.30. The quantitative estimate of drug-likeness (QED) is 0.177. The summed E-state index contributed by atoms with van der Waals surface area (Å²) in [6, 6.07) is 62.5. The number of benzene rings is 9. The van der Waals surface area contributed by atoms with Crippen molar-refractivity contribution in [1.82, 2.24) is 0 Å². The number of hydrogen-bond acceptors (Lipinski definition) is 3. The first kappa shape index (κ1) is 28.0. The molecule has 0 aliphatic rings. The molecule has 2 aromatic heterocycles. The average Bonchev–Trinajstić information content (AvgIpc) is 3.78. The molecule has 0 N–H and O–H groups in total. The van der Waals surface area contributed by atoms with Crippen molar-refractivity contribution < 1.29 is 8.83 Å². The van der Waals surface area contributed by atoms with Crippen LogP contribution in [0.2, 0.25) is 0 Å². The zero-order valence-electron chi connectivity index (χ0n) is 27.5. The van der Waals surface area contributed by atoms with E-state index in [1.165, 1.54) is 32.3 Å². The van der Waals surface area contributed by atoms with Gasteiger partial charge in [0.25, 0.3) is 0 Å². The Balaban J connectivity index is 1.31. The van der Waals surface area contributed by atoms with Gasteiger partial charge in [0.2, 0.25) is 0 Å². The highest BCUT2D eigenvalue weighted by Crippen LogP contribution is 2.50. The number of anilines is 3. The maximum atomic E-state index is 6.75. The Labute approximate surface area is 293 Å². The summed E-state index contributed by atoms with van der Waals surface area (Å²) in [5.41, 5.74) is 8.97. The first-order valence-electron chi connectivity index (χ1n) is 17.4. The zero-order chi connectivity index (χ0) is 33.5. The lowest BCUT2D eigenvalue weighted by Crippen LogP contribution is -2.12. The molecule has 2 heterocycles. The van der Waals surface area contributed by atoms with E-state index in [4.69, 9.17) is 8.83 Å². The molecule has 9 aromatic carbocycles. The molecular weight excluding hydrogens is 623 g/mol. The first-order valence-corrected chi connectivity index (χ1v) is 17.4. The number of para-hydroxylation sites is 4. The van der Waals surface area contributed by atoms with Crippen LogP contribution in [-0.2, 0) is 0 Å². The number of nitrogens with zero attached hydrogens (tertiary/aromatic N) is 1. The highest BCUT2D eigenvalue weighted by Gasteiger charge is 2.25. The van der Waals surface area contributed by atoms with E-state index in [1.807, 2.05) is 12.1 Å². The monoisotopic (exact) mass is 651 g/mol. The summed E-state index contributed by atoms with van der Waals surface area (Å²) in [6.07, 6.45) is 0. The summed E-state index contributed by atoms with van der Waals surface area (Å²) in [7, 11) is 0. The van der Waals surface area contributed by atoms with Crippen molar-refractivity contribution in [2.45, 2.75) is 0 Å². The molecule has 0 saturated carbocycles. The van der Waals surface area contributed by atoms with E-state index in [0.717, 1.165) is 72.1 Å². The third-order valence-electron chi connectivity index (χ3n) is 10.4. The van der Waals surface area contributed by atoms with Gasteiger partial charge >= 0.3 is 0 Å². The molecule has 0 aliphatic heterocycles. The Morgan fingerprint density at radius 1 is 0.294 bits per heavy atom. The second kappa shape index (κ2) is 10.8. The van der Waals surface area contributed by atoms with Crippen molar-refractivity contribution >= 4 is 93.3 Å². The highest BCUT2D eigenvalue weighted by molar-refractivity contribution is 6.36. The molecule has 11 aromatic rings. The molecule has 0 atom stereocenters. The average molecular weight is 652 g/mol. The van der Waals surface area contributed by atoms with Crippen molar-refractivity contribution in [3.8, 4) is 11.1 Å². The van der Waals surface area contributed by atoms with Crippen molar-refractivity contribution in [2.24, 2.45) is 0 Å². The molecule has 0 aliphatic carbocycles. The molecular formula is C48H29NO2. The predicted octanol–water partition coefficient (Wildman–Crippen LogP) is 14.1. The van der Waals surface area contributed by atoms with Gasteiger partial charge in [0, 0.05) is 37.9 Å². The Morgan fingerprint density at radius 3 is 1.65 bits per heavy atom. The summed E-state index contributed by atoms with van der Waals surface area (Å²) < 4.78 is 13.2. The molecule has 0 fully saturated rings. The normalized spacial score (nSPS) is 11.9. The van der Waals surface area contributed by atoms with Crippen LogP contribution in [0.15, 0.2) is 185 Å². The van der Waals surface area contributed by atoms with E-state index < -0.39 is 0 Å². The Bertz CT molecular complexity index is 3120. The van der Waals surface area contributed by atoms with Crippen LogP contribution >= 0.6 is 0 Å². The third-order valence-corrected chi connectivity index (χ3v) is 10.4. The SMILES string of the molecule is c1ccc(-c2ccccc2N(c2cccc3c2oc2ccccc23)c2cccc3c4ccc5oc6ccccc6c5c4c4ccccc4c23)cc1. The number of hydrogen-bond donors (Lipinski definition) is 0. The van der Waals surface area contributed by atoms with E-state index in [2.05, 4.69) is 169 Å². The number of fused-ring (bicyclic) bond motifs is 13. The zero-order valence-corrected chi connectivity index (χ0v) is 27.5. The molecule has 51 heavy (non-hydrogen) atoms. The summed E-state index contributed by atoms with van der Waals surface area (Å²) >= 11 is 0. The standard InChI is InChI=1S/C48H29NO2/c1-2-14-30(15-3-1)31-16-6-9-23-39(31)49(41-25-13-22-37-32-17-7-10-26-42(32)51-48(37)41)40-24-12-21-34-36-28-29-44-47(38-20-8-11-27-43(38)50-44)46(36)35-19-5-4-18-33(35)45(34)40/h1-29H. The third kappa shape index (κ3) is 4.06. The van der Waals surface area contributed by atoms with Crippen LogP contribution in [0.3, 0.4) is 0 Å². The van der Waals surface area contributed by atoms with Crippen LogP contribution < -0.4 is 4.90 Å². The highest BCUT2D eigenvalue weighted by atomic mass is 16.3. The number of rotatable bonds is 4. The van der Waals surface area contributed by atoms with Gasteiger partial charge in [-0.2, -0.15) is 0 Å². The maximum absolute atomic E-state index is 6.75. The van der Waals surface area contributed by atoms with Gasteiger partial charge in [0.1, 0.15) is 16.7 Å². The maximum Gasteiger partial charge on any atom is 0.159 e. The van der Waals surface area contributed by atoms with Crippen molar-refractivity contribution in [3.63, 3.8) is 0 Å². The second-order valence-corrected chi connectivity index (χ2v) is 13.2. The molecule has 0 amide bonds. The van der Waals surface area contributed by atoms with Gasteiger partial charge in [-0.3, -0.25) is 0 Å². The molecule has 3 heteroatoms. The van der Waals surface area contributed by atoms with Crippen molar-refractivity contribution in [1.29, 1.82) is 0 Å². The van der Waals surface area contributed by atoms with Crippen molar-refractivity contribution in [3.05, 3.63) is 176 Å². The lowest BCUT2D eigenvalue weighted by Gasteiger charge is -2.29.